The molecule has 0 fully saturated rings. The number of nitrogens with zero attached hydrogens (tertiary/aromatic N) is 3. The summed E-state index contributed by atoms with van der Waals surface area (Å²) in [5.74, 6) is 0. The molecule has 15 heavy (non-hydrogen) atoms. The van der Waals surface area contributed by atoms with Crippen molar-refractivity contribution < 1.29 is 0 Å². The second kappa shape index (κ2) is 4.46. The maximum atomic E-state index is 4.16. The van der Waals surface area contributed by atoms with Gasteiger partial charge in [0.2, 0.25) is 0 Å². The topological polar surface area (TPSA) is 37.6 Å². The first-order valence-corrected chi connectivity index (χ1v) is 4.73. The average Bonchev–Trinajstić information content (AvgIpc) is 2.29. The van der Waals surface area contributed by atoms with Crippen molar-refractivity contribution in [1.82, 2.24) is 4.98 Å². The van der Waals surface area contributed by atoms with Gasteiger partial charge < -0.3 is 0 Å². The molecule has 3 heteroatoms. The highest BCUT2D eigenvalue weighted by molar-refractivity contribution is 5.43. The van der Waals surface area contributed by atoms with Crippen molar-refractivity contribution in [2.24, 2.45) is 10.2 Å². The van der Waals surface area contributed by atoms with Crippen molar-refractivity contribution in [3.8, 4) is 0 Å². The Labute approximate surface area is 88.5 Å². The summed E-state index contributed by atoms with van der Waals surface area (Å²) in [6.45, 7) is 1.96. The molecule has 0 radical (unpaired) electrons. The van der Waals surface area contributed by atoms with Gasteiger partial charge in [0, 0.05) is 12.4 Å². The van der Waals surface area contributed by atoms with Crippen LogP contribution in [0.5, 0.6) is 0 Å². The average molecular weight is 197 g/mol. The molecule has 74 valence electrons. The van der Waals surface area contributed by atoms with E-state index in [1.807, 2.05) is 43.3 Å². The monoisotopic (exact) mass is 197 g/mol. The van der Waals surface area contributed by atoms with E-state index in [4.69, 9.17) is 0 Å². The van der Waals surface area contributed by atoms with Crippen molar-refractivity contribution >= 4 is 11.4 Å². The molecule has 0 aliphatic rings. The third-order valence-electron chi connectivity index (χ3n) is 2.02. The summed E-state index contributed by atoms with van der Waals surface area (Å²) in [4.78, 5) is 4.00. The minimum absolute atomic E-state index is 0.855. The fourth-order valence-electron chi connectivity index (χ4n) is 1.18. The number of hydrogen-bond donors (Lipinski definition) is 0. The number of hydrogen-bond acceptors (Lipinski definition) is 3. The van der Waals surface area contributed by atoms with Crippen LogP contribution >= 0.6 is 0 Å². The zero-order valence-electron chi connectivity index (χ0n) is 8.46. The second-order valence-corrected chi connectivity index (χ2v) is 3.20. The molecule has 0 unspecified atom stereocenters. The highest BCUT2D eigenvalue weighted by Gasteiger charge is 1.93. The van der Waals surface area contributed by atoms with Gasteiger partial charge in [-0.2, -0.15) is 10.2 Å². The standard InChI is InChI=1S/C12H11N3/c1-10-9-13-8-7-12(10)15-14-11-5-3-2-4-6-11/h2-9H,1H3. The van der Waals surface area contributed by atoms with E-state index in [0.29, 0.717) is 0 Å². The SMILES string of the molecule is Cc1cnccc1N=Nc1ccccc1. The summed E-state index contributed by atoms with van der Waals surface area (Å²) in [5, 5.41) is 8.30. The Hall–Kier alpha value is -2.03. The second-order valence-electron chi connectivity index (χ2n) is 3.20. The summed E-state index contributed by atoms with van der Waals surface area (Å²) in [6.07, 6.45) is 3.49. The zero-order valence-corrected chi connectivity index (χ0v) is 8.46. The molecule has 0 bridgehead atoms. The molecule has 1 aromatic heterocycles. The minimum Gasteiger partial charge on any atom is -0.264 e. The van der Waals surface area contributed by atoms with Gasteiger partial charge in [0.1, 0.15) is 0 Å². The van der Waals surface area contributed by atoms with E-state index >= 15 is 0 Å². The van der Waals surface area contributed by atoms with Crippen LogP contribution in [0.2, 0.25) is 0 Å². The minimum atomic E-state index is 0.855. The molecule has 0 amide bonds. The fraction of sp³-hybridized carbons (Fsp3) is 0.0833. The normalized spacial score (nSPS) is 10.7. The van der Waals surface area contributed by atoms with Gasteiger partial charge in [-0.3, -0.25) is 4.98 Å². The summed E-state index contributed by atoms with van der Waals surface area (Å²) < 4.78 is 0. The maximum Gasteiger partial charge on any atom is 0.0916 e. The van der Waals surface area contributed by atoms with Crippen LogP contribution in [0.15, 0.2) is 59.0 Å². The number of benzene rings is 1. The Morgan fingerprint density at radius 3 is 2.53 bits per heavy atom. The lowest BCUT2D eigenvalue weighted by Gasteiger charge is -1.95. The van der Waals surface area contributed by atoms with Crippen LogP contribution < -0.4 is 0 Å². The molecular weight excluding hydrogens is 186 g/mol. The van der Waals surface area contributed by atoms with Gasteiger partial charge in [0.25, 0.3) is 0 Å². The fourth-order valence-corrected chi connectivity index (χ4v) is 1.18. The van der Waals surface area contributed by atoms with Crippen LogP contribution in [0.25, 0.3) is 0 Å². The number of aromatic nitrogens is 1. The molecule has 0 aliphatic heterocycles. The lowest BCUT2D eigenvalue weighted by Crippen LogP contribution is -1.75. The molecule has 2 rings (SSSR count). The largest absolute Gasteiger partial charge is 0.264 e. The Balaban J connectivity index is 2.23. The third-order valence-corrected chi connectivity index (χ3v) is 2.02. The molecule has 0 N–H and O–H groups in total. The van der Waals surface area contributed by atoms with Crippen molar-refractivity contribution in [2.75, 3.05) is 0 Å². The predicted molar refractivity (Wildman–Crippen MR) is 59.6 cm³/mol. The summed E-state index contributed by atoms with van der Waals surface area (Å²) in [6, 6.07) is 11.5. The van der Waals surface area contributed by atoms with E-state index in [9.17, 15) is 0 Å². The lowest BCUT2D eigenvalue weighted by molar-refractivity contribution is 1.18. The molecule has 3 nitrogen and oxygen atoms in total. The van der Waals surface area contributed by atoms with E-state index in [0.717, 1.165) is 16.9 Å². The molecule has 0 spiro atoms. The first kappa shape index (κ1) is 9.52. The highest BCUT2D eigenvalue weighted by Crippen LogP contribution is 2.19. The van der Waals surface area contributed by atoms with Crippen LogP contribution in [0.1, 0.15) is 5.56 Å². The first-order valence-electron chi connectivity index (χ1n) is 4.73. The summed E-state index contributed by atoms with van der Waals surface area (Å²) in [7, 11) is 0. The van der Waals surface area contributed by atoms with Crippen LogP contribution in [-0.2, 0) is 0 Å². The van der Waals surface area contributed by atoms with E-state index < -0.39 is 0 Å². The van der Waals surface area contributed by atoms with Gasteiger partial charge in [-0.15, -0.1) is 0 Å². The molecule has 1 heterocycles. The van der Waals surface area contributed by atoms with E-state index in [1.165, 1.54) is 0 Å². The van der Waals surface area contributed by atoms with Gasteiger partial charge in [-0.05, 0) is 30.7 Å². The van der Waals surface area contributed by atoms with Crippen LogP contribution in [0, 0.1) is 6.92 Å². The van der Waals surface area contributed by atoms with E-state index in [1.54, 1.807) is 12.4 Å². The Morgan fingerprint density at radius 2 is 1.80 bits per heavy atom. The van der Waals surface area contributed by atoms with Gasteiger partial charge >= 0.3 is 0 Å². The molecule has 0 atom stereocenters. The van der Waals surface area contributed by atoms with E-state index in [-0.39, 0.29) is 0 Å². The van der Waals surface area contributed by atoms with Crippen molar-refractivity contribution in [1.29, 1.82) is 0 Å². The van der Waals surface area contributed by atoms with E-state index in [2.05, 4.69) is 15.2 Å². The number of azo groups is 1. The summed E-state index contributed by atoms with van der Waals surface area (Å²) >= 11 is 0. The smallest absolute Gasteiger partial charge is 0.0916 e. The van der Waals surface area contributed by atoms with Crippen molar-refractivity contribution in [3.63, 3.8) is 0 Å². The molecule has 2 aromatic rings. The van der Waals surface area contributed by atoms with Gasteiger partial charge in [-0.1, -0.05) is 18.2 Å². The number of rotatable bonds is 2. The Kier molecular flexibility index (Phi) is 2.83. The lowest BCUT2D eigenvalue weighted by atomic mass is 10.3. The van der Waals surface area contributed by atoms with Gasteiger partial charge in [0.15, 0.2) is 0 Å². The number of pyridine rings is 1. The molecule has 0 saturated heterocycles. The van der Waals surface area contributed by atoms with Crippen molar-refractivity contribution in [3.05, 3.63) is 54.4 Å². The molecule has 0 aliphatic carbocycles. The first-order chi connectivity index (χ1) is 7.36. The number of aryl methyl sites for hydroxylation is 1. The Morgan fingerprint density at radius 1 is 1.00 bits per heavy atom. The van der Waals surface area contributed by atoms with Crippen LogP contribution in [0.4, 0.5) is 11.4 Å². The maximum absolute atomic E-state index is 4.16. The quantitative estimate of drug-likeness (QED) is 0.674. The Bertz CT molecular complexity index is 463. The third kappa shape index (κ3) is 2.47. The zero-order chi connectivity index (χ0) is 10.5. The van der Waals surface area contributed by atoms with Gasteiger partial charge in [0.05, 0.1) is 11.4 Å². The van der Waals surface area contributed by atoms with Crippen LogP contribution in [-0.4, -0.2) is 4.98 Å². The summed E-state index contributed by atoms with van der Waals surface area (Å²) in [5.41, 5.74) is 2.74. The predicted octanol–water partition coefficient (Wildman–Crippen LogP) is 3.81. The molecule has 0 saturated carbocycles. The molecular formula is C12H11N3. The van der Waals surface area contributed by atoms with Crippen molar-refractivity contribution in [2.45, 2.75) is 6.92 Å². The van der Waals surface area contributed by atoms with Gasteiger partial charge in [-0.25, -0.2) is 0 Å². The van der Waals surface area contributed by atoms with Crippen LogP contribution in [0.3, 0.4) is 0 Å². The highest BCUT2D eigenvalue weighted by atomic mass is 15.1. The molecule has 1 aromatic carbocycles.